The Hall–Kier alpha value is -3.81. The van der Waals surface area contributed by atoms with Crippen molar-refractivity contribution in [1.82, 2.24) is 15.3 Å². The molecule has 0 radical (unpaired) electrons. The topological polar surface area (TPSA) is 84.4 Å². The molecule has 0 bridgehead atoms. The van der Waals surface area contributed by atoms with Crippen molar-refractivity contribution in [3.63, 3.8) is 0 Å². The third kappa shape index (κ3) is 5.39. The summed E-state index contributed by atoms with van der Waals surface area (Å²) in [5.41, 5.74) is 1.04. The highest BCUT2D eigenvalue weighted by Crippen LogP contribution is 2.31. The summed E-state index contributed by atoms with van der Waals surface area (Å²) >= 11 is 0. The number of rotatable bonds is 7. The molecule has 8 heteroatoms. The number of amides is 2. The number of halogens is 1. The quantitative estimate of drug-likeness (QED) is 0.560. The van der Waals surface area contributed by atoms with Gasteiger partial charge in [0.15, 0.2) is 0 Å². The molecule has 1 heterocycles. The summed E-state index contributed by atoms with van der Waals surface area (Å²) in [6.45, 7) is 0. The average molecular weight is 463 g/mol. The van der Waals surface area contributed by atoms with Crippen LogP contribution in [0.1, 0.15) is 54.2 Å². The van der Waals surface area contributed by atoms with Gasteiger partial charge in [-0.15, -0.1) is 0 Å². The Bertz CT molecular complexity index is 1100. The molecule has 1 aliphatic carbocycles. The number of nitrogens with one attached hydrogen (secondary N) is 1. The van der Waals surface area contributed by atoms with E-state index in [9.17, 15) is 14.0 Å². The van der Waals surface area contributed by atoms with Gasteiger partial charge in [-0.25, -0.2) is 9.37 Å². The van der Waals surface area contributed by atoms with Crippen LogP contribution in [0.15, 0.2) is 67.1 Å². The summed E-state index contributed by atoms with van der Waals surface area (Å²) in [5, 5.41) is 3.14. The Balaban J connectivity index is 1.79. The van der Waals surface area contributed by atoms with E-state index in [4.69, 9.17) is 4.74 Å². The number of aromatic nitrogens is 2. The van der Waals surface area contributed by atoms with Gasteiger partial charge in [0.2, 0.25) is 5.91 Å². The van der Waals surface area contributed by atoms with Crippen LogP contribution in [0.3, 0.4) is 0 Å². The van der Waals surface area contributed by atoms with Crippen LogP contribution >= 0.6 is 0 Å². The minimum atomic E-state index is -1.01. The van der Waals surface area contributed by atoms with Crippen LogP contribution in [-0.2, 0) is 4.79 Å². The standard InChI is InChI=1S/C26H27FN4O3/c1-34-22-13-7-18(8-14-22)24(25(32)30-20-5-3-2-4-6-20)31(21-11-9-19(27)10-12-21)26(33)23-17-28-15-16-29-23/h7-17,20,24H,2-6H2,1H3,(H,30,32). The zero-order valence-corrected chi connectivity index (χ0v) is 19.0. The van der Waals surface area contributed by atoms with Gasteiger partial charge in [0.1, 0.15) is 23.3 Å². The van der Waals surface area contributed by atoms with Crippen molar-refractivity contribution in [3.8, 4) is 5.75 Å². The highest BCUT2D eigenvalue weighted by Gasteiger charge is 2.35. The molecular formula is C26H27FN4O3. The number of hydrogen-bond donors (Lipinski definition) is 1. The number of carbonyl (C=O) groups excluding carboxylic acids is 2. The molecule has 176 valence electrons. The van der Waals surface area contributed by atoms with Crippen LogP contribution < -0.4 is 15.0 Å². The molecule has 1 aromatic heterocycles. The lowest BCUT2D eigenvalue weighted by molar-refractivity contribution is -0.123. The Kier molecular flexibility index (Phi) is 7.47. The van der Waals surface area contributed by atoms with Crippen LogP contribution in [0.25, 0.3) is 0 Å². The Morgan fingerprint density at radius 2 is 1.74 bits per heavy atom. The molecule has 2 amide bonds. The van der Waals surface area contributed by atoms with Crippen molar-refractivity contribution in [1.29, 1.82) is 0 Å². The number of anilines is 1. The molecule has 34 heavy (non-hydrogen) atoms. The lowest BCUT2D eigenvalue weighted by atomic mass is 9.94. The van der Waals surface area contributed by atoms with E-state index < -0.39 is 17.8 Å². The van der Waals surface area contributed by atoms with Gasteiger partial charge in [0.25, 0.3) is 5.91 Å². The second-order valence-electron chi connectivity index (χ2n) is 8.26. The van der Waals surface area contributed by atoms with E-state index in [1.165, 1.54) is 47.8 Å². The number of benzene rings is 2. The Labute approximate surface area is 198 Å². The van der Waals surface area contributed by atoms with Gasteiger partial charge in [0, 0.05) is 24.1 Å². The van der Waals surface area contributed by atoms with Gasteiger partial charge < -0.3 is 10.1 Å². The first-order chi connectivity index (χ1) is 16.6. The summed E-state index contributed by atoms with van der Waals surface area (Å²) in [7, 11) is 1.56. The predicted molar refractivity (Wildman–Crippen MR) is 126 cm³/mol. The maximum Gasteiger partial charge on any atom is 0.279 e. The van der Waals surface area contributed by atoms with Crippen LogP contribution in [-0.4, -0.2) is 34.9 Å². The summed E-state index contributed by atoms with van der Waals surface area (Å²) in [5.74, 6) is -0.634. The molecule has 0 spiro atoms. The minimum absolute atomic E-state index is 0.0451. The number of methoxy groups -OCH3 is 1. The van der Waals surface area contributed by atoms with Gasteiger partial charge in [-0.3, -0.25) is 19.5 Å². The first-order valence-electron chi connectivity index (χ1n) is 11.4. The molecule has 1 atom stereocenters. The van der Waals surface area contributed by atoms with Crippen LogP contribution in [0.5, 0.6) is 5.75 Å². The smallest absolute Gasteiger partial charge is 0.279 e. The number of carbonyl (C=O) groups is 2. The maximum atomic E-state index is 13.7. The van der Waals surface area contributed by atoms with Crippen LogP contribution in [0.4, 0.5) is 10.1 Å². The lowest BCUT2D eigenvalue weighted by Crippen LogP contribution is -2.47. The molecule has 7 nitrogen and oxygen atoms in total. The molecule has 1 N–H and O–H groups in total. The van der Waals surface area contributed by atoms with Gasteiger partial charge in [0.05, 0.1) is 13.3 Å². The molecule has 1 unspecified atom stereocenters. The molecule has 2 aromatic carbocycles. The second kappa shape index (κ2) is 10.9. The summed E-state index contributed by atoms with van der Waals surface area (Å²) in [6.07, 6.45) is 9.29. The molecule has 3 aromatic rings. The summed E-state index contributed by atoms with van der Waals surface area (Å²) < 4.78 is 19.0. The number of nitrogens with zero attached hydrogens (tertiary/aromatic N) is 3. The van der Waals surface area contributed by atoms with Crippen LogP contribution in [0, 0.1) is 5.82 Å². The van der Waals surface area contributed by atoms with Crippen molar-refractivity contribution >= 4 is 17.5 Å². The van der Waals surface area contributed by atoms with Crippen LogP contribution in [0.2, 0.25) is 0 Å². The van der Waals surface area contributed by atoms with Crippen molar-refractivity contribution in [2.45, 2.75) is 44.2 Å². The fourth-order valence-corrected chi connectivity index (χ4v) is 4.25. The van der Waals surface area contributed by atoms with Crippen molar-refractivity contribution in [3.05, 3.63) is 84.2 Å². The molecule has 0 aliphatic heterocycles. The van der Waals surface area contributed by atoms with E-state index in [1.807, 2.05) is 0 Å². The minimum Gasteiger partial charge on any atom is -0.497 e. The zero-order chi connectivity index (χ0) is 23.9. The molecule has 0 saturated heterocycles. The van der Waals surface area contributed by atoms with Gasteiger partial charge >= 0.3 is 0 Å². The summed E-state index contributed by atoms with van der Waals surface area (Å²) in [6, 6.07) is 11.5. The average Bonchev–Trinajstić information content (AvgIpc) is 2.89. The molecule has 1 aliphatic rings. The third-order valence-corrected chi connectivity index (χ3v) is 6.00. The van der Waals surface area contributed by atoms with E-state index in [1.54, 1.807) is 31.4 Å². The van der Waals surface area contributed by atoms with E-state index >= 15 is 0 Å². The van der Waals surface area contributed by atoms with Gasteiger partial charge in [-0.05, 0) is 54.8 Å². The number of ether oxygens (including phenoxy) is 1. The first-order valence-corrected chi connectivity index (χ1v) is 11.4. The SMILES string of the molecule is COc1ccc(C(C(=O)NC2CCCCC2)N(C(=O)c2cnccn2)c2ccc(F)cc2)cc1. The summed E-state index contributed by atoms with van der Waals surface area (Å²) in [4.78, 5) is 36.9. The largest absolute Gasteiger partial charge is 0.497 e. The third-order valence-electron chi connectivity index (χ3n) is 6.00. The zero-order valence-electron chi connectivity index (χ0n) is 19.0. The van der Waals surface area contributed by atoms with E-state index in [0.717, 1.165) is 32.1 Å². The van der Waals surface area contributed by atoms with E-state index in [-0.39, 0.29) is 17.6 Å². The second-order valence-corrected chi connectivity index (χ2v) is 8.26. The van der Waals surface area contributed by atoms with E-state index in [0.29, 0.717) is 17.0 Å². The lowest BCUT2D eigenvalue weighted by Gasteiger charge is -2.33. The highest BCUT2D eigenvalue weighted by atomic mass is 19.1. The molecular weight excluding hydrogens is 435 g/mol. The van der Waals surface area contributed by atoms with Crippen molar-refractivity contribution in [2.75, 3.05) is 12.0 Å². The van der Waals surface area contributed by atoms with E-state index in [2.05, 4.69) is 15.3 Å². The highest BCUT2D eigenvalue weighted by molar-refractivity contribution is 6.09. The van der Waals surface area contributed by atoms with Crippen molar-refractivity contribution in [2.24, 2.45) is 0 Å². The Morgan fingerprint density at radius 1 is 1.03 bits per heavy atom. The first kappa shape index (κ1) is 23.4. The van der Waals surface area contributed by atoms with Crippen molar-refractivity contribution < 1.29 is 18.7 Å². The van der Waals surface area contributed by atoms with Gasteiger partial charge in [-0.2, -0.15) is 0 Å². The molecule has 1 fully saturated rings. The fourth-order valence-electron chi connectivity index (χ4n) is 4.25. The monoisotopic (exact) mass is 462 g/mol. The normalized spacial score (nSPS) is 14.8. The molecule has 1 saturated carbocycles. The fraction of sp³-hybridized carbons (Fsp3) is 0.308. The van der Waals surface area contributed by atoms with Gasteiger partial charge in [-0.1, -0.05) is 31.4 Å². The maximum absolute atomic E-state index is 13.7. The number of hydrogen-bond acceptors (Lipinski definition) is 5. The predicted octanol–water partition coefficient (Wildman–Crippen LogP) is 4.46. The molecule has 4 rings (SSSR count). The Morgan fingerprint density at radius 3 is 2.35 bits per heavy atom.